The van der Waals surface area contributed by atoms with E-state index < -0.39 is 0 Å². The maximum atomic E-state index is 6.10. The van der Waals surface area contributed by atoms with Gasteiger partial charge in [-0.2, -0.15) is 10.1 Å². The van der Waals surface area contributed by atoms with E-state index >= 15 is 0 Å². The van der Waals surface area contributed by atoms with Gasteiger partial charge in [-0.05, 0) is 31.4 Å². The van der Waals surface area contributed by atoms with Crippen molar-refractivity contribution >= 4 is 28.6 Å². The zero-order valence-electron chi connectivity index (χ0n) is 21.2. The molecule has 0 radical (unpaired) electrons. The number of H-pyrrole nitrogens is 1. The van der Waals surface area contributed by atoms with E-state index in [2.05, 4.69) is 70.3 Å². The number of aromatic amines is 1. The monoisotopic (exact) mass is 478 g/mol. The van der Waals surface area contributed by atoms with Gasteiger partial charge in [0.25, 0.3) is 0 Å². The van der Waals surface area contributed by atoms with Crippen LogP contribution in [0.5, 0.6) is 5.88 Å². The van der Waals surface area contributed by atoms with Gasteiger partial charge in [-0.15, -0.1) is 0 Å². The minimum Gasteiger partial charge on any atom is -0.476 e. The highest BCUT2D eigenvalue weighted by Crippen LogP contribution is 2.24. The van der Waals surface area contributed by atoms with Crippen molar-refractivity contribution in [2.24, 2.45) is 5.10 Å². The standard InChI is InChI=1S/C27H38N6O2/c1-4-8-33(9-5-2)26-17-23(18-27(30-26)35-15-12-32-10-13-34-14-11-32)31-29-20-22-19-28-25-16-21(3)6-7-24(22)25/h6-7,16-20,28H,4-5,8-15H2,1-3H3,(H,30,31)/b29-20+. The molecule has 1 saturated heterocycles. The number of nitrogens with one attached hydrogen (secondary N) is 2. The molecule has 1 fully saturated rings. The molecule has 8 heteroatoms. The fraction of sp³-hybridized carbons (Fsp3) is 0.481. The minimum absolute atomic E-state index is 0.593. The largest absolute Gasteiger partial charge is 0.476 e. The van der Waals surface area contributed by atoms with E-state index in [-0.39, 0.29) is 0 Å². The predicted octanol–water partition coefficient (Wildman–Crippen LogP) is 4.65. The van der Waals surface area contributed by atoms with Crippen molar-refractivity contribution in [2.45, 2.75) is 33.6 Å². The second-order valence-electron chi connectivity index (χ2n) is 9.00. The first-order valence-electron chi connectivity index (χ1n) is 12.7. The fourth-order valence-corrected chi connectivity index (χ4v) is 4.32. The molecule has 1 aliphatic rings. The Bertz CT molecular complexity index is 1100. The van der Waals surface area contributed by atoms with Crippen molar-refractivity contribution in [1.82, 2.24) is 14.9 Å². The number of aryl methyl sites for hydroxylation is 1. The number of morpholine rings is 1. The Morgan fingerprint density at radius 1 is 1.17 bits per heavy atom. The highest BCUT2D eigenvalue weighted by Gasteiger charge is 2.13. The number of nitrogens with zero attached hydrogens (tertiary/aromatic N) is 4. The van der Waals surface area contributed by atoms with Crippen molar-refractivity contribution in [3.8, 4) is 5.88 Å². The molecule has 0 aliphatic carbocycles. The van der Waals surface area contributed by atoms with Gasteiger partial charge in [0.2, 0.25) is 5.88 Å². The molecule has 0 amide bonds. The molecule has 3 aromatic rings. The molecule has 0 bridgehead atoms. The van der Waals surface area contributed by atoms with Crippen LogP contribution >= 0.6 is 0 Å². The third-order valence-electron chi connectivity index (χ3n) is 6.13. The van der Waals surface area contributed by atoms with Crippen molar-refractivity contribution in [3.05, 3.63) is 47.7 Å². The molecule has 0 unspecified atom stereocenters. The molecule has 1 aromatic carbocycles. The van der Waals surface area contributed by atoms with Crippen molar-refractivity contribution < 1.29 is 9.47 Å². The normalized spacial score (nSPS) is 14.6. The molecule has 1 aliphatic heterocycles. The Hall–Kier alpha value is -3.10. The Kier molecular flexibility index (Phi) is 8.97. The quantitative estimate of drug-likeness (QED) is 0.291. The summed E-state index contributed by atoms with van der Waals surface area (Å²) in [5.74, 6) is 1.53. The lowest BCUT2D eigenvalue weighted by Gasteiger charge is -2.26. The van der Waals surface area contributed by atoms with Crippen LogP contribution < -0.4 is 15.1 Å². The molecular formula is C27H38N6O2. The average Bonchev–Trinajstić information content (AvgIpc) is 3.26. The summed E-state index contributed by atoms with van der Waals surface area (Å²) in [4.78, 5) is 12.8. The van der Waals surface area contributed by atoms with Gasteiger partial charge >= 0.3 is 0 Å². The minimum atomic E-state index is 0.593. The lowest BCUT2D eigenvalue weighted by Crippen LogP contribution is -2.38. The summed E-state index contributed by atoms with van der Waals surface area (Å²) in [6, 6.07) is 10.4. The van der Waals surface area contributed by atoms with Crippen LogP contribution in [-0.4, -0.2) is 73.6 Å². The van der Waals surface area contributed by atoms with Crippen LogP contribution in [0.1, 0.15) is 37.8 Å². The molecule has 0 saturated carbocycles. The summed E-state index contributed by atoms with van der Waals surface area (Å²) in [6.07, 6.45) is 5.95. The van der Waals surface area contributed by atoms with Crippen LogP contribution in [0.3, 0.4) is 0 Å². The Balaban J connectivity index is 1.48. The van der Waals surface area contributed by atoms with Crippen LogP contribution in [0.2, 0.25) is 0 Å². The number of ether oxygens (including phenoxy) is 2. The van der Waals surface area contributed by atoms with E-state index in [0.29, 0.717) is 12.5 Å². The van der Waals surface area contributed by atoms with Gasteiger partial charge in [0.15, 0.2) is 0 Å². The van der Waals surface area contributed by atoms with Crippen LogP contribution in [0.25, 0.3) is 10.9 Å². The van der Waals surface area contributed by atoms with Crippen molar-refractivity contribution in [2.75, 3.05) is 62.9 Å². The van der Waals surface area contributed by atoms with Gasteiger partial charge in [-0.3, -0.25) is 10.3 Å². The molecule has 0 atom stereocenters. The number of fused-ring (bicyclic) bond motifs is 1. The Labute approximate surface area is 208 Å². The second-order valence-corrected chi connectivity index (χ2v) is 9.00. The summed E-state index contributed by atoms with van der Waals surface area (Å²) in [5.41, 5.74) is 7.45. The molecule has 188 valence electrons. The first-order valence-corrected chi connectivity index (χ1v) is 12.7. The zero-order valence-corrected chi connectivity index (χ0v) is 21.2. The molecule has 3 heterocycles. The summed E-state index contributed by atoms with van der Waals surface area (Å²) in [5, 5.41) is 5.68. The van der Waals surface area contributed by atoms with E-state index in [1.165, 1.54) is 5.56 Å². The number of pyridine rings is 1. The van der Waals surface area contributed by atoms with Crippen LogP contribution in [-0.2, 0) is 4.74 Å². The van der Waals surface area contributed by atoms with Gasteiger partial charge in [-0.25, -0.2) is 0 Å². The number of benzene rings is 1. The van der Waals surface area contributed by atoms with Gasteiger partial charge in [0, 0.05) is 67.5 Å². The number of rotatable bonds is 12. The predicted molar refractivity (Wildman–Crippen MR) is 144 cm³/mol. The van der Waals surface area contributed by atoms with Gasteiger partial charge < -0.3 is 19.4 Å². The smallest absolute Gasteiger partial charge is 0.217 e. The molecule has 8 nitrogen and oxygen atoms in total. The highest BCUT2D eigenvalue weighted by molar-refractivity contribution is 5.99. The molecule has 0 spiro atoms. The highest BCUT2D eigenvalue weighted by atomic mass is 16.5. The first kappa shape index (κ1) is 25.0. The molecule has 2 N–H and O–H groups in total. The Morgan fingerprint density at radius 3 is 2.74 bits per heavy atom. The maximum absolute atomic E-state index is 6.10. The third kappa shape index (κ3) is 6.96. The van der Waals surface area contributed by atoms with E-state index in [9.17, 15) is 0 Å². The van der Waals surface area contributed by atoms with Crippen molar-refractivity contribution in [1.29, 1.82) is 0 Å². The van der Waals surface area contributed by atoms with Crippen molar-refractivity contribution in [3.63, 3.8) is 0 Å². The third-order valence-corrected chi connectivity index (χ3v) is 6.13. The Morgan fingerprint density at radius 2 is 1.97 bits per heavy atom. The average molecular weight is 479 g/mol. The van der Waals surface area contributed by atoms with Gasteiger partial charge in [0.05, 0.1) is 25.1 Å². The van der Waals surface area contributed by atoms with Gasteiger partial charge in [-0.1, -0.05) is 26.0 Å². The summed E-state index contributed by atoms with van der Waals surface area (Å²) >= 11 is 0. The topological polar surface area (TPSA) is 78.0 Å². The number of hydrogen-bond donors (Lipinski definition) is 2. The number of hydrazone groups is 1. The molecule has 2 aromatic heterocycles. The second kappa shape index (κ2) is 12.6. The van der Waals surface area contributed by atoms with Crippen LogP contribution in [0.4, 0.5) is 11.5 Å². The summed E-state index contributed by atoms with van der Waals surface area (Å²) in [7, 11) is 0. The molecule has 35 heavy (non-hydrogen) atoms. The number of anilines is 2. The lowest BCUT2D eigenvalue weighted by molar-refractivity contribution is 0.0320. The summed E-state index contributed by atoms with van der Waals surface area (Å²) in [6.45, 7) is 13.3. The van der Waals surface area contributed by atoms with Crippen LogP contribution in [0, 0.1) is 6.92 Å². The number of hydrogen-bond acceptors (Lipinski definition) is 7. The van der Waals surface area contributed by atoms with Crippen LogP contribution in [0.15, 0.2) is 41.6 Å². The van der Waals surface area contributed by atoms with E-state index in [4.69, 9.17) is 14.5 Å². The number of aromatic nitrogens is 2. The SMILES string of the molecule is CCCN(CCC)c1cc(N/N=C/c2c[nH]c3cc(C)ccc23)cc(OCCN2CCOCC2)n1. The van der Waals surface area contributed by atoms with Gasteiger partial charge in [0.1, 0.15) is 12.4 Å². The first-order chi connectivity index (χ1) is 17.2. The van der Waals surface area contributed by atoms with E-state index in [1.807, 2.05) is 18.5 Å². The fourth-order valence-electron chi connectivity index (χ4n) is 4.32. The van der Waals surface area contributed by atoms with E-state index in [1.54, 1.807) is 0 Å². The maximum Gasteiger partial charge on any atom is 0.217 e. The van der Waals surface area contributed by atoms with E-state index in [0.717, 1.165) is 86.8 Å². The summed E-state index contributed by atoms with van der Waals surface area (Å²) < 4.78 is 11.5. The zero-order chi connectivity index (χ0) is 24.5. The lowest BCUT2D eigenvalue weighted by atomic mass is 10.1. The molecular weight excluding hydrogens is 440 g/mol. The molecule has 4 rings (SSSR count).